The third-order valence-corrected chi connectivity index (χ3v) is 5.11. The molecule has 30 heavy (non-hydrogen) atoms. The van der Waals surface area contributed by atoms with Crippen molar-refractivity contribution in [3.05, 3.63) is 74.3 Å². The van der Waals surface area contributed by atoms with Crippen LogP contribution in [0.5, 0.6) is 0 Å². The number of piperidine rings is 1. The van der Waals surface area contributed by atoms with Gasteiger partial charge in [-0.3, -0.25) is 14.9 Å². The molecule has 9 nitrogen and oxygen atoms in total. The number of hydrogen-bond acceptors (Lipinski definition) is 7. The molecule has 1 saturated heterocycles. The number of aromatic amines is 1. The van der Waals surface area contributed by atoms with E-state index in [2.05, 4.69) is 9.97 Å². The zero-order valence-electron chi connectivity index (χ0n) is 16.2. The van der Waals surface area contributed by atoms with Crippen molar-refractivity contribution in [2.45, 2.75) is 25.9 Å². The van der Waals surface area contributed by atoms with Gasteiger partial charge in [0.1, 0.15) is 18.1 Å². The number of anilines is 1. The van der Waals surface area contributed by atoms with Crippen molar-refractivity contribution in [1.82, 2.24) is 9.97 Å². The van der Waals surface area contributed by atoms with Gasteiger partial charge in [0.25, 0.3) is 11.2 Å². The van der Waals surface area contributed by atoms with Gasteiger partial charge in [-0.2, -0.15) is 0 Å². The van der Waals surface area contributed by atoms with Crippen LogP contribution in [0.25, 0.3) is 10.9 Å². The van der Waals surface area contributed by atoms with E-state index in [9.17, 15) is 19.7 Å². The molecule has 0 bridgehead atoms. The Morgan fingerprint density at radius 2 is 1.93 bits per heavy atom. The first-order valence-corrected chi connectivity index (χ1v) is 9.71. The molecule has 1 aromatic heterocycles. The number of rotatable bonds is 5. The Morgan fingerprint density at radius 3 is 2.70 bits per heavy atom. The fourth-order valence-corrected chi connectivity index (χ4v) is 3.62. The van der Waals surface area contributed by atoms with E-state index in [1.807, 2.05) is 4.90 Å². The highest BCUT2D eigenvalue weighted by Gasteiger charge is 2.23. The minimum Gasteiger partial charge on any atom is -0.454 e. The number of aromatic nitrogens is 2. The third-order valence-electron chi connectivity index (χ3n) is 5.11. The summed E-state index contributed by atoms with van der Waals surface area (Å²) in [5.74, 6) is -0.523. The SMILES string of the molecule is O=C(OCc1nc2ccccc2c(=O)[nH]1)c1ccc(N2CCCCC2)c([N+](=O)[O-])c1. The number of hydrogen-bond donors (Lipinski definition) is 1. The van der Waals surface area contributed by atoms with Crippen LogP contribution in [0.4, 0.5) is 11.4 Å². The van der Waals surface area contributed by atoms with Crippen LogP contribution in [-0.2, 0) is 11.3 Å². The predicted molar refractivity (Wildman–Crippen MR) is 111 cm³/mol. The Kier molecular flexibility index (Phi) is 5.42. The minimum absolute atomic E-state index is 0.0746. The number of nitrogens with zero attached hydrogens (tertiary/aromatic N) is 3. The van der Waals surface area contributed by atoms with Crippen LogP contribution in [0.15, 0.2) is 47.3 Å². The van der Waals surface area contributed by atoms with E-state index >= 15 is 0 Å². The van der Waals surface area contributed by atoms with Crippen molar-refractivity contribution in [2.75, 3.05) is 18.0 Å². The maximum absolute atomic E-state index is 12.5. The van der Waals surface area contributed by atoms with Crippen molar-refractivity contribution in [3.8, 4) is 0 Å². The molecule has 0 radical (unpaired) electrons. The second-order valence-electron chi connectivity index (χ2n) is 7.11. The van der Waals surface area contributed by atoms with Crippen molar-refractivity contribution < 1.29 is 14.5 Å². The topological polar surface area (TPSA) is 118 Å². The molecule has 9 heteroatoms. The molecule has 2 heterocycles. The first-order chi connectivity index (χ1) is 14.5. The second kappa shape index (κ2) is 8.32. The van der Waals surface area contributed by atoms with Crippen molar-refractivity contribution in [3.63, 3.8) is 0 Å². The zero-order chi connectivity index (χ0) is 21.1. The highest BCUT2D eigenvalue weighted by molar-refractivity contribution is 5.91. The fourth-order valence-electron chi connectivity index (χ4n) is 3.62. The molecular formula is C21H20N4O5. The van der Waals surface area contributed by atoms with Gasteiger partial charge in [-0.1, -0.05) is 12.1 Å². The molecule has 1 aliphatic heterocycles. The van der Waals surface area contributed by atoms with Gasteiger partial charge in [0.2, 0.25) is 0 Å². The Morgan fingerprint density at radius 1 is 1.17 bits per heavy atom. The monoisotopic (exact) mass is 408 g/mol. The summed E-state index contributed by atoms with van der Waals surface area (Å²) in [5.41, 5.74) is 0.632. The Hall–Kier alpha value is -3.75. The summed E-state index contributed by atoms with van der Waals surface area (Å²) in [6.45, 7) is 1.26. The number of esters is 1. The number of nitrogens with one attached hydrogen (secondary N) is 1. The molecule has 2 aromatic carbocycles. The second-order valence-corrected chi connectivity index (χ2v) is 7.11. The summed E-state index contributed by atoms with van der Waals surface area (Å²) < 4.78 is 5.23. The van der Waals surface area contributed by atoms with Crippen LogP contribution in [0, 0.1) is 10.1 Å². The smallest absolute Gasteiger partial charge is 0.338 e. The fraction of sp³-hybridized carbons (Fsp3) is 0.286. The lowest BCUT2D eigenvalue weighted by Gasteiger charge is -2.28. The standard InChI is InChI=1S/C21H20N4O5/c26-20-15-6-2-3-7-16(15)22-19(23-20)13-30-21(27)14-8-9-17(18(12-14)25(28)29)24-10-4-1-5-11-24/h2-3,6-9,12H,1,4-5,10-11,13H2,(H,22,23,26). The number of H-pyrrole nitrogens is 1. The molecule has 0 spiro atoms. The highest BCUT2D eigenvalue weighted by atomic mass is 16.6. The summed E-state index contributed by atoms with van der Waals surface area (Å²) in [4.78, 5) is 44.5. The Balaban J connectivity index is 1.52. The van der Waals surface area contributed by atoms with E-state index in [0.717, 1.165) is 32.4 Å². The van der Waals surface area contributed by atoms with E-state index in [1.165, 1.54) is 12.1 Å². The number of benzene rings is 2. The van der Waals surface area contributed by atoms with Crippen molar-refractivity contribution in [1.29, 1.82) is 0 Å². The maximum atomic E-state index is 12.5. The van der Waals surface area contributed by atoms with Gasteiger partial charge in [0.15, 0.2) is 0 Å². The van der Waals surface area contributed by atoms with Gasteiger partial charge < -0.3 is 14.6 Å². The minimum atomic E-state index is -0.723. The van der Waals surface area contributed by atoms with Crippen LogP contribution in [-0.4, -0.2) is 34.0 Å². The van der Waals surface area contributed by atoms with Crippen LogP contribution >= 0.6 is 0 Å². The third kappa shape index (κ3) is 4.00. The molecule has 0 saturated carbocycles. The molecule has 1 fully saturated rings. The molecule has 0 amide bonds. The molecule has 4 rings (SSSR count). The average molecular weight is 408 g/mol. The number of nitro groups is 1. The largest absolute Gasteiger partial charge is 0.454 e. The van der Waals surface area contributed by atoms with E-state index in [4.69, 9.17) is 4.74 Å². The summed E-state index contributed by atoms with van der Waals surface area (Å²) in [5, 5.41) is 12.0. The van der Waals surface area contributed by atoms with Crippen molar-refractivity contribution in [2.24, 2.45) is 0 Å². The lowest BCUT2D eigenvalue weighted by molar-refractivity contribution is -0.384. The number of para-hydroxylation sites is 1. The maximum Gasteiger partial charge on any atom is 0.338 e. The molecule has 0 unspecified atom stereocenters. The summed E-state index contributed by atoms with van der Waals surface area (Å²) in [7, 11) is 0. The molecule has 3 aromatic rings. The average Bonchev–Trinajstić information content (AvgIpc) is 2.77. The number of carbonyl (C=O) groups is 1. The number of fused-ring (bicyclic) bond motifs is 1. The molecule has 1 N–H and O–H groups in total. The predicted octanol–water partition coefficient (Wildman–Crippen LogP) is 3.18. The van der Waals surface area contributed by atoms with Gasteiger partial charge in [-0.25, -0.2) is 9.78 Å². The van der Waals surface area contributed by atoms with E-state index in [1.54, 1.807) is 30.3 Å². The molecule has 1 aliphatic rings. The zero-order valence-corrected chi connectivity index (χ0v) is 16.2. The Labute approximate surface area is 171 Å². The highest BCUT2D eigenvalue weighted by Crippen LogP contribution is 2.31. The lowest BCUT2D eigenvalue weighted by atomic mass is 10.1. The molecule has 154 valence electrons. The van der Waals surface area contributed by atoms with Crippen LogP contribution in [0.2, 0.25) is 0 Å². The quantitative estimate of drug-likeness (QED) is 0.391. The lowest BCUT2D eigenvalue weighted by Crippen LogP contribution is -2.30. The van der Waals surface area contributed by atoms with E-state index in [0.29, 0.717) is 16.6 Å². The van der Waals surface area contributed by atoms with Crippen LogP contribution in [0.3, 0.4) is 0 Å². The normalized spacial score (nSPS) is 13.9. The van der Waals surface area contributed by atoms with Crippen LogP contribution in [0.1, 0.15) is 35.4 Å². The van der Waals surface area contributed by atoms with Crippen LogP contribution < -0.4 is 10.5 Å². The van der Waals surface area contributed by atoms with Gasteiger partial charge in [-0.15, -0.1) is 0 Å². The summed E-state index contributed by atoms with van der Waals surface area (Å²) in [6, 6.07) is 11.2. The Bertz CT molecular complexity index is 1170. The van der Waals surface area contributed by atoms with E-state index < -0.39 is 10.9 Å². The van der Waals surface area contributed by atoms with Crippen molar-refractivity contribution >= 4 is 28.2 Å². The molecule has 0 atom stereocenters. The summed E-state index contributed by atoms with van der Waals surface area (Å²) >= 11 is 0. The first-order valence-electron chi connectivity index (χ1n) is 9.71. The number of ether oxygens (including phenoxy) is 1. The number of nitro benzene ring substituents is 1. The van der Waals surface area contributed by atoms with Gasteiger partial charge in [-0.05, 0) is 43.5 Å². The molecular weight excluding hydrogens is 388 g/mol. The molecule has 0 aliphatic carbocycles. The van der Waals surface area contributed by atoms with Gasteiger partial charge in [0.05, 0.1) is 21.4 Å². The van der Waals surface area contributed by atoms with Gasteiger partial charge >= 0.3 is 5.97 Å². The first kappa shape index (κ1) is 19.6. The number of carbonyl (C=O) groups excluding carboxylic acids is 1. The van der Waals surface area contributed by atoms with Gasteiger partial charge in [0, 0.05) is 19.2 Å². The van der Waals surface area contributed by atoms with E-state index in [-0.39, 0.29) is 29.2 Å². The summed E-state index contributed by atoms with van der Waals surface area (Å²) in [6.07, 6.45) is 3.08.